The van der Waals surface area contributed by atoms with Crippen LogP contribution in [0.2, 0.25) is 0 Å². The monoisotopic (exact) mass is 358 g/mol. The van der Waals surface area contributed by atoms with E-state index in [1.165, 1.54) is 25.2 Å². The average Bonchev–Trinajstić information content (AvgIpc) is 2.66. The van der Waals surface area contributed by atoms with Gasteiger partial charge in [0, 0.05) is 11.8 Å². The largest absolute Gasteiger partial charge is 0.468 e. The minimum Gasteiger partial charge on any atom is -0.468 e. The zero-order chi connectivity index (χ0) is 19.1. The third-order valence-corrected chi connectivity index (χ3v) is 3.98. The molecule has 0 radical (unpaired) electrons. The van der Waals surface area contributed by atoms with Crippen molar-refractivity contribution < 1.29 is 23.9 Å². The van der Waals surface area contributed by atoms with E-state index in [1.807, 2.05) is 42.5 Å². The lowest BCUT2D eigenvalue weighted by Crippen LogP contribution is -2.69. The second-order valence-corrected chi connectivity index (χ2v) is 5.78. The summed E-state index contributed by atoms with van der Waals surface area (Å²) in [5.74, 6) is -1.24. The highest BCUT2D eigenvalue weighted by molar-refractivity contribution is 5.94. The normalized spacial score (nSPS) is 19.9. The van der Waals surface area contributed by atoms with Crippen LogP contribution in [0.5, 0.6) is 0 Å². The summed E-state index contributed by atoms with van der Waals surface area (Å²) in [6.45, 7) is 1.54. The average molecular weight is 358 g/mol. The van der Waals surface area contributed by atoms with Gasteiger partial charge in [0.05, 0.1) is 20.3 Å². The molecule has 0 spiro atoms. The molecule has 7 nitrogen and oxygen atoms in total. The molecule has 1 aliphatic rings. The maximum atomic E-state index is 12.4. The van der Waals surface area contributed by atoms with Crippen LogP contribution in [-0.4, -0.2) is 55.6 Å². The van der Waals surface area contributed by atoms with Gasteiger partial charge in [-0.05, 0) is 12.5 Å². The molecule has 0 saturated carbocycles. The molecule has 1 N–H and O–H groups in total. The Morgan fingerprint density at radius 2 is 1.88 bits per heavy atom. The number of carbonyl (C=O) groups excluding carboxylic acids is 3. The van der Waals surface area contributed by atoms with Crippen LogP contribution in [0.4, 0.5) is 0 Å². The SMILES string of the molecule is COC(=O)/C=C(/C)N[C@@H]1C(=O)N(CC(=O)OC)[C@@H]1/C=C/c1ccccc1. The molecule has 1 aromatic carbocycles. The molecule has 0 aromatic heterocycles. The van der Waals surface area contributed by atoms with Crippen molar-refractivity contribution in [2.75, 3.05) is 20.8 Å². The number of nitrogens with zero attached hydrogens (tertiary/aromatic N) is 1. The first-order valence-electron chi connectivity index (χ1n) is 8.09. The number of β-lactam (4-membered cyclic amide) rings is 1. The molecule has 1 aliphatic heterocycles. The van der Waals surface area contributed by atoms with Crippen molar-refractivity contribution in [2.24, 2.45) is 0 Å². The van der Waals surface area contributed by atoms with E-state index < -0.39 is 18.0 Å². The summed E-state index contributed by atoms with van der Waals surface area (Å²) in [6, 6.07) is 8.70. The summed E-state index contributed by atoms with van der Waals surface area (Å²) in [5.41, 5.74) is 1.48. The molecule has 0 aliphatic carbocycles. The van der Waals surface area contributed by atoms with Gasteiger partial charge in [-0.15, -0.1) is 0 Å². The topological polar surface area (TPSA) is 84.9 Å². The molecule has 1 heterocycles. The number of rotatable bonds is 7. The Morgan fingerprint density at radius 1 is 1.19 bits per heavy atom. The minimum absolute atomic E-state index is 0.128. The third-order valence-electron chi connectivity index (χ3n) is 3.98. The van der Waals surface area contributed by atoms with Crippen molar-refractivity contribution in [1.82, 2.24) is 10.2 Å². The van der Waals surface area contributed by atoms with Gasteiger partial charge in [0.1, 0.15) is 12.6 Å². The minimum atomic E-state index is -0.569. The van der Waals surface area contributed by atoms with Gasteiger partial charge in [-0.3, -0.25) is 9.59 Å². The molecule has 1 aromatic rings. The predicted molar refractivity (Wildman–Crippen MR) is 95.7 cm³/mol. The van der Waals surface area contributed by atoms with Crippen LogP contribution in [0.25, 0.3) is 6.08 Å². The Hall–Kier alpha value is -3.09. The summed E-state index contributed by atoms with van der Waals surface area (Å²) in [4.78, 5) is 36.7. The number of ether oxygens (including phenoxy) is 2. The maximum absolute atomic E-state index is 12.4. The predicted octanol–water partition coefficient (Wildman–Crippen LogP) is 1.12. The van der Waals surface area contributed by atoms with Gasteiger partial charge >= 0.3 is 11.9 Å². The van der Waals surface area contributed by atoms with Gasteiger partial charge in [0.25, 0.3) is 0 Å². The van der Waals surface area contributed by atoms with Crippen molar-refractivity contribution in [2.45, 2.75) is 19.0 Å². The molecule has 0 unspecified atom stereocenters. The number of amides is 1. The summed E-state index contributed by atoms with van der Waals surface area (Å²) in [5, 5.41) is 3.00. The van der Waals surface area contributed by atoms with E-state index in [0.717, 1.165) is 5.56 Å². The van der Waals surface area contributed by atoms with E-state index in [1.54, 1.807) is 6.92 Å². The quantitative estimate of drug-likeness (QED) is 0.447. The maximum Gasteiger partial charge on any atom is 0.332 e. The Kier molecular flexibility index (Phi) is 6.54. The molecular formula is C19H22N2O5. The van der Waals surface area contributed by atoms with Crippen LogP contribution in [0.15, 0.2) is 48.2 Å². The van der Waals surface area contributed by atoms with Crippen molar-refractivity contribution in [3.8, 4) is 0 Å². The first-order valence-corrected chi connectivity index (χ1v) is 8.09. The molecule has 2 atom stereocenters. The molecule has 7 heteroatoms. The zero-order valence-electron chi connectivity index (χ0n) is 15.0. The molecule has 1 amide bonds. The second kappa shape index (κ2) is 8.84. The highest BCUT2D eigenvalue weighted by Gasteiger charge is 2.46. The first-order chi connectivity index (χ1) is 12.5. The summed E-state index contributed by atoms with van der Waals surface area (Å²) in [7, 11) is 2.56. The lowest BCUT2D eigenvalue weighted by Gasteiger charge is -2.45. The van der Waals surface area contributed by atoms with E-state index in [9.17, 15) is 14.4 Å². The zero-order valence-corrected chi connectivity index (χ0v) is 15.0. The lowest BCUT2D eigenvalue weighted by atomic mass is 9.93. The lowest BCUT2D eigenvalue weighted by molar-refractivity contribution is -0.157. The number of nitrogens with one attached hydrogen (secondary N) is 1. The van der Waals surface area contributed by atoms with Gasteiger partial charge < -0.3 is 19.7 Å². The standard InChI is InChI=1S/C19H22N2O5/c1-13(11-16(22)25-2)20-18-15(10-9-14-7-5-4-6-8-14)21(19(18)24)12-17(23)26-3/h4-11,15,18,20H,12H2,1-3H3/b10-9+,13-11-/t15-,18+/m1/s1. The van der Waals surface area contributed by atoms with Crippen molar-refractivity contribution in [3.05, 3.63) is 53.7 Å². The number of allylic oxidation sites excluding steroid dienone is 1. The Balaban J connectivity index is 2.15. The first kappa shape index (κ1) is 19.2. The van der Waals surface area contributed by atoms with Gasteiger partial charge in [0.2, 0.25) is 5.91 Å². The number of likely N-dealkylation sites (tertiary alicyclic amines) is 1. The number of carbonyl (C=O) groups is 3. The Morgan fingerprint density at radius 3 is 2.50 bits per heavy atom. The highest BCUT2D eigenvalue weighted by atomic mass is 16.5. The fraction of sp³-hybridized carbons (Fsp3) is 0.316. The molecule has 26 heavy (non-hydrogen) atoms. The van der Waals surface area contributed by atoms with Crippen LogP contribution >= 0.6 is 0 Å². The second-order valence-electron chi connectivity index (χ2n) is 5.78. The highest BCUT2D eigenvalue weighted by Crippen LogP contribution is 2.23. The van der Waals surface area contributed by atoms with Gasteiger partial charge in [0.15, 0.2) is 0 Å². The number of hydrogen-bond acceptors (Lipinski definition) is 6. The van der Waals surface area contributed by atoms with Crippen molar-refractivity contribution in [1.29, 1.82) is 0 Å². The van der Waals surface area contributed by atoms with Crippen LogP contribution < -0.4 is 5.32 Å². The van der Waals surface area contributed by atoms with Gasteiger partial charge in [-0.1, -0.05) is 42.5 Å². The molecule has 2 rings (SSSR count). The van der Waals surface area contributed by atoms with Crippen LogP contribution in [-0.2, 0) is 23.9 Å². The Labute approximate surface area is 152 Å². The van der Waals surface area contributed by atoms with E-state index in [0.29, 0.717) is 5.70 Å². The number of methoxy groups -OCH3 is 2. The molecular weight excluding hydrogens is 336 g/mol. The molecule has 1 fully saturated rings. The molecule has 0 bridgehead atoms. The van der Waals surface area contributed by atoms with E-state index in [4.69, 9.17) is 0 Å². The summed E-state index contributed by atoms with van der Waals surface area (Å²) < 4.78 is 9.23. The van der Waals surface area contributed by atoms with Crippen LogP contribution in [0, 0.1) is 0 Å². The fourth-order valence-corrected chi connectivity index (χ4v) is 2.62. The number of esters is 2. The van der Waals surface area contributed by atoms with Crippen molar-refractivity contribution in [3.63, 3.8) is 0 Å². The Bertz CT molecular complexity index is 727. The van der Waals surface area contributed by atoms with E-state index in [-0.39, 0.29) is 18.5 Å². The fourth-order valence-electron chi connectivity index (χ4n) is 2.62. The van der Waals surface area contributed by atoms with E-state index >= 15 is 0 Å². The van der Waals surface area contributed by atoms with Crippen molar-refractivity contribution >= 4 is 23.9 Å². The molecule has 138 valence electrons. The van der Waals surface area contributed by atoms with Gasteiger partial charge in [-0.25, -0.2) is 4.79 Å². The third kappa shape index (κ3) is 4.72. The number of benzene rings is 1. The van der Waals surface area contributed by atoms with E-state index in [2.05, 4.69) is 14.8 Å². The summed E-state index contributed by atoms with van der Waals surface area (Å²) in [6.07, 6.45) is 5.01. The smallest absolute Gasteiger partial charge is 0.332 e. The molecule has 1 saturated heterocycles. The van der Waals surface area contributed by atoms with Crippen LogP contribution in [0.3, 0.4) is 0 Å². The summed E-state index contributed by atoms with van der Waals surface area (Å²) >= 11 is 0. The number of hydrogen-bond donors (Lipinski definition) is 1. The van der Waals surface area contributed by atoms with Crippen LogP contribution in [0.1, 0.15) is 12.5 Å². The van der Waals surface area contributed by atoms with Gasteiger partial charge in [-0.2, -0.15) is 0 Å².